The highest BCUT2D eigenvalue weighted by molar-refractivity contribution is 5.83. The molecule has 0 radical (unpaired) electrons. The number of hydrogen-bond acceptors (Lipinski definition) is 3. The van der Waals surface area contributed by atoms with Gasteiger partial charge >= 0.3 is 0 Å². The van der Waals surface area contributed by atoms with E-state index in [2.05, 4.69) is 38.3 Å². The van der Waals surface area contributed by atoms with Crippen molar-refractivity contribution >= 4 is 5.91 Å². The molecule has 1 saturated heterocycles. The number of nitrogens with zero attached hydrogens (tertiary/aromatic N) is 2. The van der Waals surface area contributed by atoms with Crippen LogP contribution in [0.25, 0.3) is 0 Å². The van der Waals surface area contributed by atoms with Gasteiger partial charge in [-0.05, 0) is 77.1 Å². The smallest absolute Gasteiger partial charge is 0.237 e. The van der Waals surface area contributed by atoms with Gasteiger partial charge < -0.3 is 5.32 Å². The molecule has 1 aliphatic heterocycles. The van der Waals surface area contributed by atoms with E-state index in [0.717, 1.165) is 30.5 Å². The van der Waals surface area contributed by atoms with Crippen molar-refractivity contribution in [2.24, 2.45) is 0 Å². The van der Waals surface area contributed by atoms with E-state index in [0.29, 0.717) is 6.42 Å². The van der Waals surface area contributed by atoms with Crippen molar-refractivity contribution in [1.29, 1.82) is 0 Å². The standard InChI is InChI=1S/C23H31FN4O/c1-22(2,3)28-12-9-18(27-28)17-14-19(21(29)26-23(4)10-6-11-23)25-20(17)15-7-5-8-16(24)13-15/h5,7-9,12-13,17,19-20,25H,6,10-11,14H2,1-4H3,(H,26,29)/t17-,19+,20+/m1/s1. The largest absolute Gasteiger partial charge is 0.350 e. The summed E-state index contributed by atoms with van der Waals surface area (Å²) in [5.74, 6) is -0.227. The first-order chi connectivity index (χ1) is 13.6. The number of aromatic nitrogens is 2. The molecule has 2 heterocycles. The van der Waals surface area contributed by atoms with E-state index < -0.39 is 0 Å². The third-order valence-corrected chi connectivity index (χ3v) is 6.36. The van der Waals surface area contributed by atoms with Crippen LogP contribution in [0.2, 0.25) is 0 Å². The zero-order chi connectivity index (χ0) is 20.8. The van der Waals surface area contributed by atoms with E-state index in [-0.39, 0.29) is 40.8 Å². The molecule has 0 spiro atoms. The molecular formula is C23H31FN4O. The lowest BCUT2D eigenvalue weighted by Crippen LogP contribution is -2.55. The monoisotopic (exact) mass is 398 g/mol. The van der Waals surface area contributed by atoms with Crippen molar-refractivity contribution in [3.8, 4) is 0 Å². The maximum atomic E-state index is 13.9. The van der Waals surface area contributed by atoms with Crippen LogP contribution in [0.3, 0.4) is 0 Å². The zero-order valence-corrected chi connectivity index (χ0v) is 17.7. The van der Waals surface area contributed by atoms with Gasteiger partial charge in [0.25, 0.3) is 0 Å². The maximum Gasteiger partial charge on any atom is 0.237 e. The van der Waals surface area contributed by atoms with Crippen molar-refractivity contribution in [3.05, 3.63) is 53.6 Å². The van der Waals surface area contributed by atoms with Crippen molar-refractivity contribution in [2.75, 3.05) is 0 Å². The molecule has 6 heteroatoms. The molecule has 1 aromatic heterocycles. The zero-order valence-electron chi connectivity index (χ0n) is 17.7. The molecule has 5 nitrogen and oxygen atoms in total. The maximum absolute atomic E-state index is 13.9. The molecule has 2 N–H and O–H groups in total. The van der Waals surface area contributed by atoms with E-state index in [1.54, 1.807) is 12.1 Å². The third-order valence-electron chi connectivity index (χ3n) is 6.36. The average molecular weight is 399 g/mol. The first-order valence-corrected chi connectivity index (χ1v) is 10.5. The minimum absolute atomic E-state index is 0.00495. The Morgan fingerprint density at radius 3 is 2.66 bits per heavy atom. The highest BCUT2D eigenvalue weighted by atomic mass is 19.1. The van der Waals surface area contributed by atoms with Crippen molar-refractivity contribution in [3.63, 3.8) is 0 Å². The van der Waals surface area contributed by atoms with Crippen molar-refractivity contribution in [2.45, 2.75) is 82.5 Å². The van der Waals surface area contributed by atoms with E-state index in [1.807, 2.05) is 23.0 Å². The van der Waals surface area contributed by atoms with Crippen molar-refractivity contribution < 1.29 is 9.18 Å². The molecule has 2 aliphatic rings. The number of rotatable bonds is 4. The topological polar surface area (TPSA) is 59.0 Å². The highest BCUT2D eigenvalue weighted by Crippen LogP contribution is 2.41. The van der Waals surface area contributed by atoms with Gasteiger partial charge in [0.05, 0.1) is 17.3 Å². The van der Waals surface area contributed by atoms with Crippen LogP contribution < -0.4 is 10.6 Å². The highest BCUT2D eigenvalue weighted by Gasteiger charge is 2.42. The fraction of sp³-hybridized carbons (Fsp3) is 0.565. The first kappa shape index (κ1) is 20.1. The summed E-state index contributed by atoms with van der Waals surface area (Å²) in [6.07, 6.45) is 5.84. The van der Waals surface area contributed by atoms with Crippen LogP contribution in [0.4, 0.5) is 4.39 Å². The molecule has 3 atom stereocenters. The molecule has 2 aromatic rings. The van der Waals surface area contributed by atoms with E-state index in [1.165, 1.54) is 6.07 Å². The molecule has 0 bridgehead atoms. The number of amides is 1. The molecule has 1 aromatic carbocycles. The van der Waals surface area contributed by atoms with Gasteiger partial charge in [0.15, 0.2) is 0 Å². The normalized spacial score (nSPS) is 26.2. The summed E-state index contributed by atoms with van der Waals surface area (Å²) in [4.78, 5) is 13.0. The van der Waals surface area contributed by atoms with Gasteiger partial charge in [0.1, 0.15) is 5.82 Å². The van der Waals surface area contributed by atoms with Crippen LogP contribution in [0.5, 0.6) is 0 Å². The summed E-state index contributed by atoms with van der Waals surface area (Å²) in [6, 6.07) is 8.20. The molecular weight excluding hydrogens is 367 g/mol. The Labute approximate surface area is 172 Å². The van der Waals surface area contributed by atoms with E-state index in [4.69, 9.17) is 5.10 Å². The van der Waals surface area contributed by atoms with Gasteiger partial charge in [-0.25, -0.2) is 4.39 Å². The Hall–Kier alpha value is -2.21. The van der Waals surface area contributed by atoms with Gasteiger partial charge in [-0.15, -0.1) is 0 Å². The molecule has 1 amide bonds. The summed E-state index contributed by atoms with van der Waals surface area (Å²) in [6.45, 7) is 8.43. The summed E-state index contributed by atoms with van der Waals surface area (Å²) in [5, 5.41) is 11.5. The second-order valence-electron chi connectivity index (χ2n) is 9.85. The molecule has 1 saturated carbocycles. The van der Waals surface area contributed by atoms with E-state index >= 15 is 0 Å². The second kappa shape index (κ2) is 7.24. The first-order valence-electron chi connectivity index (χ1n) is 10.5. The lowest BCUT2D eigenvalue weighted by molar-refractivity contribution is -0.125. The van der Waals surface area contributed by atoms with E-state index in [9.17, 15) is 9.18 Å². The van der Waals surface area contributed by atoms with Gasteiger partial charge in [0, 0.05) is 23.7 Å². The Bertz CT molecular complexity index is 896. The number of carbonyl (C=O) groups is 1. The summed E-state index contributed by atoms with van der Waals surface area (Å²) in [5.41, 5.74) is 1.59. The number of halogens is 1. The van der Waals surface area contributed by atoms with Crippen LogP contribution in [0.1, 0.15) is 76.6 Å². The lowest BCUT2D eigenvalue weighted by atomic mass is 9.78. The average Bonchev–Trinajstić information content (AvgIpc) is 3.27. The minimum Gasteiger partial charge on any atom is -0.350 e. The molecule has 156 valence electrons. The number of hydrogen-bond donors (Lipinski definition) is 2. The van der Waals surface area contributed by atoms with Gasteiger partial charge in [-0.2, -0.15) is 5.10 Å². The Morgan fingerprint density at radius 1 is 1.31 bits per heavy atom. The Kier molecular flexibility index (Phi) is 5.01. The Balaban J connectivity index is 1.61. The summed E-state index contributed by atoms with van der Waals surface area (Å²) < 4.78 is 15.9. The van der Waals surface area contributed by atoms with Crippen molar-refractivity contribution in [1.82, 2.24) is 20.4 Å². The number of nitrogens with one attached hydrogen (secondary N) is 2. The predicted molar refractivity (Wildman–Crippen MR) is 111 cm³/mol. The summed E-state index contributed by atoms with van der Waals surface area (Å²) >= 11 is 0. The summed E-state index contributed by atoms with van der Waals surface area (Å²) in [7, 11) is 0. The van der Waals surface area contributed by atoms with Crippen LogP contribution in [0, 0.1) is 5.82 Å². The van der Waals surface area contributed by atoms with Gasteiger partial charge in [-0.1, -0.05) is 12.1 Å². The second-order valence-corrected chi connectivity index (χ2v) is 9.85. The molecule has 2 fully saturated rings. The van der Waals surface area contributed by atoms with Gasteiger partial charge in [-0.3, -0.25) is 14.8 Å². The molecule has 0 unspecified atom stereocenters. The molecule has 29 heavy (non-hydrogen) atoms. The molecule has 1 aliphatic carbocycles. The van der Waals surface area contributed by atoms with Crippen LogP contribution in [-0.4, -0.2) is 27.3 Å². The number of carbonyl (C=O) groups excluding carboxylic acids is 1. The van der Waals surface area contributed by atoms with Crippen LogP contribution in [0.15, 0.2) is 36.5 Å². The fourth-order valence-corrected chi connectivity index (χ4v) is 4.42. The van der Waals surface area contributed by atoms with Crippen LogP contribution >= 0.6 is 0 Å². The molecule has 4 rings (SSSR count). The Morgan fingerprint density at radius 2 is 2.07 bits per heavy atom. The lowest BCUT2D eigenvalue weighted by Gasteiger charge is -2.39. The van der Waals surface area contributed by atoms with Gasteiger partial charge in [0.2, 0.25) is 5.91 Å². The fourth-order valence-electron chi connectivity index (χ4n) is 4.42. The third kappa shape index (κ3) is 4.08. The number of benzene rings is 1. The van der Waals surface area contributed by atoms with Crippen LogP contribution in [-0.2, 0) is 10.3 Å². The SMILES string of the molecule is CC1(NC(=O)[C@@H]2C[C@H](c3ccn(C(C)(C)C)n3)[C@H](c3cccc(F)c3)N2)CCC1. The quantitative estimate of drug-likeness (QED) is 0.818. The predicted octanol–water partition coefficient (Wildman–Crippen LogP) is 4.02. The minimum atomic E-state index is -0.314.